The molecule has 156 valence electrons. The molecule has 1 unspecified atom stereocenters. The van der Waals surface area contributed by atoms with E-state index in [0.29, 0.717) is 5.92 Å². The van der Waals surface area contributed by atoms with E-state index in [0.717, 1.165) is 38.6 Å². The van der Waals surface area contributed by atoms with E-state index in [2.05, 4.69) is 58.8 Å². The molecule has 1 heterocycles. The van der Waals surface area contributed by atoms with Crippen LogP contribution in [0, 0.1) is 5.92 Å². The molecule has 0 aliphatic rings. The summed E-state index contributed by atoms with van der Waals surface area (Å²) in [6.45, 7) is 9.54. The summed E-state index contributed by atoms with van der Waals surface area (Å²) < 4.78 is 7.72. The third kappa shape index (κ3) is 8.60. The fourth-order valence-corrected chi connectivity index (χ4v) is 2.98. The number of aliphatic imine (C=N–C) groups is 1. The molecule has 0 spiro atoms. The van der Waals surface area contributed by atoms with E-state index in [-0.39, 0.29) is 30.1 Å². The molecule has 0 fully saturated rings. The van der Waals surface area contributed by atoms with Gasteiger partial charge in [0.1, 0.15) is 0 Å². The normalized spacial score (nSPS) is 12.5. The zero-order valence-electron chi connectivity index (χ0n) is 17.4. The van der Waals surface area contributed by atoms with Gasteiger partial charge in [0.25, 0.3) is 0 Å². The average Bonchev–Trinajstić information content (AvgIpc) is 3.16. The van der Waals surface area contributed by atoms with Crippen LogP contribution in [0.15, 0.2) is 47.7 Å². The van der Waals surface area contributed by atoms with Crippen LogP contribution >= 0.6 is 24.0 Å². The number of hydrogen-bond acceptors (Lipinski definition) is 3. The molecule has 0 saturated heterocycles. The maximum atomic E-state index is 5.80. The summed E-state index contributed by atoms with van der Waals surface area (Å²) >= 11 is 0. The first-order chi connectivity index (χ1) is 13.1. The lowest BCUT2D eigenvalue weighted by atomic mass is 10.0. The molecule has 2 rings (SSSR count). The molecule has 0 radical (unpaired) electrons. The minimum Gasteiger partial charge on any atom is -0.378 e. The van der Waals surface area contributed by atoms with E-state index < -0.39 is 0 Å². The number of guanidine groups is 1. The van der Waals surface area contributed by atoms with Crippen molar-refractivity contribution in [3.63, 3.8) is 0 Å². The number of aromatic nitrogens is 2. The van der Waals surface area contributed by atoms with E-state index in [4.69, 9.17) is 4.74 Å². The summed E-state index contributed by atoms with van der Waals surface area (Å²) in [4.78, 5) is 4.31. The maximum Gasteiger partial charge on any atom is 0.191 e. The van der Waals surface area contributed by atoms with Crippen LogP contribution in [0.2, 0.25) is 0 Å². The van der Waals surface area contributed by atoms with Gasteiger partial charge in [0.2, 0.25) is 0 Å². The highest BCUT2D eigenvalue weighted by Gasteiger charge is 2.12. The second-order valence-electron chi connectivity index (χ2n) is 6.90. The standard InChI is InChI=1S/C21H33N5O.HI/c1-5-27-20(17(2)3)10-12-23-21(22-4)24-15-18-8-6-9-19(14-18)16-26-13-7-11-25-26;/h6-9,11,13-14,17,20H,5,10,12,15-16H2,1-4H3,(H2,22,23,24);1H. The molecular formula is C21H34IN5O. The molecule has 2 aromatic rings. The minimum atomic E-state index is 0. The van der Waals surface area contributed by atoms with Gasteiger partial charge in [0, 0.05) is 39.1 Å². The molecule has 1 aromatic carbocycles. The van der Waals surface area contributed by atoms with Gasteiger partial charge in [-0.3, -0.25) is 9.67 Å². The highest BCUT2D eigenvalue weighted by molar-refractivity contribution is 14.0. The van der Waals surface area contributed by atoms with Crippen molar-refractivity contribution in [3.05, 3.63) is 53.9 Å². The Morgan fingerprint density at radius 3 is 2.64 bits per heavy atom. The van der Waals surface area contributed by atoms with Gasteiger partial charge in [-0.15, -0.1) is 24.0 Å². The molecule has 7 heteroatoms. The number of nitrogens with one attached hydrogen (secondary N) is 2. The van der Waals surface area contributed by atoms with Crippen molar-refractivity contribution in [2.24, 2.45) is 10.9 Å². The summed E-state index contributed by atoms with van der Waals surface area (Å²) in [5.41, 5.74) is 2.45. The fourth-order valence-electron chi connectivity index (χ4n) is 2.98. The molecule has 0 saturated carbocycles. The van der Waals surface area contributed by atoms with E-state index in [1.807, 2.05) is 23.9 Å². The Kier molecular flexibility index (Phi) is 11.8. The first-order valence-corrected chi connectivity index (χ1v) is 9.73. The van der Waals surface area contributed by atoms with Crippen molar-refractivity contribution >= 4 is 29.9 Å². The van der Waals surface area contributed by atoms with Gasteiger partial charge < -0.3 is 15.4 Å². The zero-order chi connectivity index (χ0) is 19.5. The lowest BCUT2D eigenvalue weighted by molar-refractivity contribution is 0.0258. The topological polar surface area (TPSA) is 63.5 Å². The first kappa shape index (κ1) is 24.4. The van der Waals surface area contributed by atoms with Crippen molar-refractivity contribution in [2.45, 2.75) is 46.4 Å². The van der Waals surface area contributed by atoms with E-state index in [9.17, 15) is 0 Å². The van der Waals surface area contributed by atoms with Crippen molar-refractivity contribution in [1.82, 2.24) is 20.4 Å². The Morgan fingerprint density at radius 2 is 2.00 bits per heavy atom. The molecule has 1 atom stereocenters. The molecule has 2 N–H and O–H groups in total. The predicted octanol–water partition coefficient (Wildman–Crippen LogP) is 3.67. The molecular weight excluding hydrogens is 465 g/mol. The smallest absolute Gasteiger partial charge is 0.191 e. The number of nitrogens with zero attached hydrogens (tertiary/aromatic N) is 3. The van der Waals surface area contributed by atoms with Crippen LogP contribution in [-0.2, 0) is 17.8 Å². The summed E-state index contributed by atoms with van der Waals surface area (Å²) in [7, 11) is 1.80. The van der Waals surface area contributed by atoms with Gasteiger partial charge in [0.05, 0.1) is 12.6 Å². The van der Waals surface area contributed by atoms with Gasteiger partial charge in [-0.2, -0.15) is 5.10 Å². The van der Waals surface area contributed by atoms with E-state index >= 15 is 0 Å². The van der Waals surface area contributed by atoms with E-state index in [1.165, 1.54) is 11.1 Å². The van der Waals surface area contributed by atoms with Crippen LogP contribution in [0.25, 0.3) is 0 Å². The lowest BCUT2D eigenvalue weighted by Gasteiger charge is -2.21. The Bertz CT molecular complexity index is 688. The van der Waals surface area contributed by atoms with Gasteiger partial charge in [-0.25, -0.2) is 0 Å². The van der Waals surface area contributed by atoms with Crippen molar-refractivity contribution in [3.8, 4) is 0 Å². The maximum absolute atomic E-state index is 5.80. The second-order valence-corrected chi connectivity index (χ2v) is 6.90. The van der Waals surface area contributed by atoms with Crippen molar-refractivity contribution in [2.75, 3.05) is 20.2 Å². The van der Waals surface area contributed by atoms with Crippen LogP contribution in [0.1, 0.15) is 38.3 Å². The van der Waals surface area contributed by atoms with Gasteiger partial charge in [0.15, 0.2) is 5.96 Å². The first-order valence-electron chi connectivity index (χ1n) is 9.73. The Balaban J connectivity index is 0.00000392. The number of hydrogen-bond donors (Lipinski definition) is 2. The lowest BCUT2D eigenvalue weighted by Crippen LogP contribution is -2.38. The van der Waals surface area contributed by atoms with Crippen LogP contribution in [0.5, 0.6) is 0 Å². The molecule has 28 heavy (non-hydrogen) atoms. The van der Waals surface area contributed by atoms with Crippen molar-refractivity contribution in [1.29, 1.82) is 0 Å². The average molecular weight is 499 g/mol. The van der Waals surface area contributed by atoms with Gasteiger partial charge in [-0.1, -0.05) is 38.1 Å². The van der Waals surface area contributed by atoms with Gasteiger partial charge in [-0.05, 0) is 36.5 Å². The third-order valence-corrected chi connectivity index (χ3v) is 4.42. The van der Waals surface area contributed by atoms with Gasteiger partial charge >= 0.3 is 0 Å². The van der Waals surface area contributed by atoms with Crippen molar-refractivity contribution < 1.29 is 4.74 Å². The largest absolute Gasteiger partial charge is 0.378 e. The summed E-state index contributed by atoms with van der Waals surface area (Å²) in [6, 6.07) is 10.5. The SMILES string of the molecule is CCOC(CCNC(=NC)NCc1cccc(Cn2cccn2)c1)C(C)C.I. The Labute approximate surface area is 186 Å². The predicted molar refractivity (Wildman–Crippen MR) is 126 cm³/mol. The number of ether oxygens (including phenoxy) is 1. The Hall–Kier alpha value is -1.61. The van der Waals surface area contributed by atoms with Crippen LogP contribution < -0.4 is 10.6 Å². The van der Waals surface area contributed by atoms with Crippen LogP contribution in [-0.4, -0.2) is 42.0 Å². The summed E-state index contributed by atoms with van der Waals surface area (Å²) in [5.74, 6) is 1.32. The minimum absolute atomic E-state index is 0. The molecule has 0 aliphatic carbocycles. The third-order valence-electron chi connectivity index (χ3n) is 4.42. The van der Waals surface area contributed by atoms with E-state index in [1.54, 1.807) is 13.2 Å². The number of halogens is 1. The molecule has 1 aromatic heterocycles. The zero-order valence-corrected chi connectivity index (χ0v) is 19.7. The molecule has 0 aliphatic heterocycles. The number of rotatable bonds is 10. The highest BCUT2D eigenvalue weighted by Crippen LogP contribution is 2.10. The molecule has 6 nitrogen and oxygen atoms in total. The fraction of sp³-hybridized carbons (Fsp3) is 0.524. The molecule has 0 amide bonds. The Morgan fingerprint density at radius 1 is 1.21 bits per heavy atom. The summed E-state index contributed by atoms with van der Waals surface area (Å²) in [6.07, 6.45) is 5.02. The van der Waals surface area contributed by atoms with Crippen LogP contribution in [0.3, 0.4) is 0 Å². The van der Waals surface area contributed by atoms with Crippen LogP contribution in [0.4, 0.5) is 0 Å². The quantitative estimate of drug-likeness (QED) is 0.298. The monoisotopic (exact) mass is 499 g/mol. The number of benzene rings is 1. The summed E-state index contributed by atoms with van der Waals surface area (Å²) in [5, 5.41) is 11.0. The second kappa shape index (κ2) is 13.5. The highest BCUT2D eigenvalue weighted by atomic mass is 127. The molecule has 0 bridgehead atoms.